The quantitative estimate of drug-likeness (QED) is 0.241. The van der Waals surface area contributed by atoms with E-state index in [9.17, 15) is 9.90 Å². The van der Waals surface area contributed by atoms with Crippen LogP contribution in [0.25, 0.3) is 0 Å². The molecule has 1 heterocycles. The fraction of sp³-hybridized carbons (Fsp3) is 0.879. The minimum absolute atomic E-state index is 0.0385. The fourth-order valence-corrected chi connectivity index (χ4v) is 10.5. The van der Waals surface area contributed by atoms with Crippen molar-refractivity contribution in [1.82, 2.24) is 15.5 Å². The van der Waals surface area contributed by atoms with Crippen LogP contribution in [0, 0.1) is 29.6 Å². The molecule has 3 aliphatic carbocycles. The lowest BCUT2D eigenvalue weighted by Crippen LogP contribution is -2.51. The first-order valence-electron chi connectivity index (χ1n) is 16.6. The summed E-state index contributed by atoms with van der Waals surface area (Å²) in [5.41, 5.74) is 2.66. The molecule has 0 unspecified atom stereocenters. The maximum Gasteiger partial charge on any atom is 0.404 e. The summed E-state index contributed by atoms with van der Waals surface area (Å²) >= 11 is 0. The SMILES string of the molecule is CC(C)(C)[Si](C)(C)OCC[C@H]1C[C@@H](O[Si](C)(C)C(C)(C)C)CC[C@H]1[C@@H]1CC[C@]2(C)c3[nH]ncc3C[C@H]2[C@@H]1CNC(=O)O. The van der Waals surface area contributed by atoms with Gasteiger partial charge in [0.2, 0.25) is 0 Å². The Morgan fingerprint density at radius 1 is 1.07 bits per heavy atom. The van der Waals surface area contributed by atoms with Crippen molar-refractivity contribution in [2.24, 2.45) is 29.6 Å². The predicted octanol–water partition coefficient (Wildman–Crippen LogP) is 8.35. The zero-order valence-corrected chi connectivity index (χ0v) is 30.5. The van der Waals surface area contributed by atoms with Gasteiger partial charge in [-0.05, 0) is 116 Å². The van der Waals surface area contributed by atoms with E-state index in [0.717, 1.165) is 51.6 Å². The van der Waals surface area contributed by atoms with Crippen molar-refractivity contribution in [3.63, 3.8) is 0 Å². The third kappa shape index (κ3) is 6.74. The summed E-state index contributed by atoms with van der Waals surface area (Å²) < 4.78 is 13.8. The molecular weight excluding hydrogens is 559 g/mol. The molecule has 0 radical (unpaired) electrons. The summed E-state index contributed by atoms with van der Waals surface area (Å²) in [6.45, 7) is 27.2. The molecule has 9 heteroatoms. The number of hydrogen-bond acceptors (Lipinski definition) is 4. The Morgan fingerprint density at radius 3 is 2.36 bits per heavy atom. The Bertz CT molecular complexity index is 1090. The minimum atomic E-state index is -1.87. The number of amides is 1. The van der Waals surface area contributed by atoms with E-state index in [1.165, 1.54) is 11.3 Å². The third-order valence-electron chi connectivity index (χ3n) is 12.7. The third-order valence-corrected chi connectivity index (χ3v) is 21.7. The summed E-state index contributed by atoms with van der Waals surface area (Å²) in [4.78, 5) is 11.7. The molecule has 240 valence electrons. The van der Waals surface area contributed by atoms with Gasteiger partial charge in [-0.1, -0.05) is 48.5 Å². The molecule has 2 fully saturated rings. The highest BCUT2D eigenvalue weighted by molar-refractivity contribution is 6.74. The van der Waals surface area contributed by atoms with Crippen molar-refractivity contribution in [3.8, 4) is 0 Å². The van der Waals surface area contributed by atoms with Gasteiger partial charge in [-0.2, -0.15) is 5.10 Å². The molecule has 1 aromatic rings. The van der Waals surface area contributed by atoms with Gasteiger partial charge in [-0.25, -0.2) is 4.79 Å². The minimum Gasteiger partial charge on any atom is -0.465 e. The van der Waals surface area contributed by atoms with Crippen molar-refractivity contribution in [2.75, 3.05) is 13.2 Å². The van der Waals surface area contributed by atoms with Crippen molar-refractivity contribution in [3.05, 3.63) is 17.5 Å². The highest BCUT2D eigenvalue weighted by Crippen LogP contribution is 2.58. The average Bonchev–Trinajstić information content (AvgIpc) is 3.42. The lowest BCUT2D eigenvalue weighted by atomic mass is 9.54. The van der Waals surface area contributed by atoms with Gasteiger partial charge in [0.05, 0.1) is 6.20 Å². The van der Waals surface area contributed by atoms with Gasteiger partial charge in [-0.15, -0.1) is 0 Å². The van der Waals surface area contributed by atoms with Gasteiger partial charge in [0.25, 0.3) is 0 Å². The molecule has 1 aromatic heterocycles. The molecule has 0 aromatic carbocycles. The maximum absolute atomic E-state index is 11.7. The van der Waals surface area contributed by atoms with Gasteiger partial charge in [0.15, 0.2) is 16.6 Å². The monoisotopic (exact) mass is 619 g/mol. The molecular formula is C33H61N3O4Si2. The molecule has 3 aliphatic rings. The van der Waals surface area contributed by atoms with E-state index in [0.29, 0.717) is 42.2 Å². The number of carbonyl (C=O) groups is 1. The van der Waals surface area contributed by atoms with Crippen molar-refractivity contribution >= 4 is 22.7 Å². The average molecular weight is 620 g/mol. The molecule has 0 spiro atoms. The first-order valence-corrected chi connectivity index (χ1v) is 22.4. The summed E-state index contributed by atoms with van der Waals surface area (Å²) in [6.07, 6.45) is 9.09. The first kappa shape index (κ1) is 33.7. The van der Waals surface area contributed by atoms with E-state index in [-0.39, 0.29) is 15.5 Å². The molecule has 2 saturated carbocycles. The Morgan fingerprint density at radius 2 is 1.74 bits per heavy atom. The summed E-state index contributed by atoms with van der Waals surface area (Å²) in [5, 5.41) is 20.6. The van der Waals surface area contributed by atoms with Crippen molar-refractivity contribution in [2.45, 2.75) is 141 Å². The van der Waals surface area contributed by atoms with E-state index in [1.54, 1.807) is 0 Å². The van der Waals surface area contributed by atoms with E-state index in [2.05, 4.69) is 90.2 Å². The van der Waals surface area contributed by atoms with Crippen LogP contribution in [-0.2, 0) is 20.7 Å². The van der Waals surface area contributed by atoms with E-state index in [4.69, 9.17) is 8.85 Å². The second-order valence-corrected chi connectivity index (χ2v) is 26.8. The van der Waals surface area contributed by atoms with Gasteiger partial charge < -0.3 is 19.3 Å². The second kappa shape index (κ2) is 12.0. The smallest absolute Gasteiger partial charge is 0.404 e. The van der Waals surface area contributed by atoms with E-state index >= 15 is 0 Å². The number of carboxylic acid groups (broad SMARTS) is 1. The number of hydrogen-bond donors (Lipinski definition) is 3. The Hall–Kier alpha value is -1.17. The summed E-state index contributed by atoms with van der Waals surface area (Å²) in [6, 6.07) is 0. The van der Waals surface area contributed by atoms with Crippen LogP contribution in [-0.4, -0.2) is 57.3 Å². The molecule has 7 nitrogen and oxygen atoms in total. The molecule has 1 amide bonds. The molecule has 0 saturated heterocycles. The Labute approximate surface area is 258 Å². The molecule has 7 atom stereocenters. The maximum atomic E-state index is 11.7. The second-order valence-electron chi connectivity index (χ2n) is 17.2. The Kier molecular flexibility index (Phi) is 9.61. The molecule has 0 bridgehead atoms. The van der Waals surface area contributed by atoms with Crippen LogP contribution in [0.15, 0.2) is 6.20 Å². The number of aromatic amines is 1. The highest BCUT2D eigenvalue weighted by Gasteiger charge is 2.55. The summed E-state index contributed by atoms with van der Waals surface area (Å²) in [7, 11) is -3.71. The fourth-order valence-electron chi connectivity index (χ4n) is 8.07. The van der Waals surface area contributed by atoms with Crippen LogP contribution in [0.5, 0.6) is 0 Å². The number of nitrogens with zero attached hydrogens (tertiary/aromatic N) is 1. The van der Waals surface area contributed by atoms with Gasteiger partial charge in [-0.3, -0.25) is 5.10 Å². The normalized spacial score (nSPS) is 32.4. The number of H-pyrrole nitrogens is 1. The number of nitrogens with one attached hydrogen (secondary N) is 2. The Balaban J connectivity index is 1.58. The van der Waals surface area contributed by atoms with Crippen LogP contribution in [0.2, 0.25) is 36.3 Å². The van der Waals surface area contributed by atoms with Crippen molar-refractivity contribution in [1.29, 1.82) is 0 Å². The van der Waals surface area contributed by atoms with Gasteiger partial charge in [0.1, 0.15) is 0 Å². The molecule has 0 aliphatic heterocycles. The topological polar surface area (TPSA) is 96.5 Å². The van der Waals surface area contributed by atoms with Crippen LogP contribution >= 0.6 is 0 Å². The highest BCUT2D eigenvalue weighted by atomic mass is 28.4. The van der Waals surface area contributed by atoms with Crippen LogP contribution < -0.4 is 5.32 Å². The molecule has 3 N–H and O–H groups in total. The number of rotatable bonds is 9. The number of aromatic nitrogens is 2. The van der Waals surface area contributed by atoms with Gasteiger partial charge >= 0.3 is 6.09 Å². The zero-order chi connectivity index (χ0) is 31.3. The van der Waals surface area contributed by atoms with Gasteiger partial charge in [0, 0.05) is 30.4 Å². The first-order chi connectivity index (χ1) is 19.3. The predicted molar refractivity (Wildman–Crippen MR) is 176 cm³/mol. The lowest BCUT2D eigenvalue weighted by molar-refractivity contribution is -0.0180. The van der Waals surface area contributed by atoms with E-state index in [1.807, 2.05) is 6.20 Å². The van der Waals surface area contributed by atoms with Crippen LogP contribution in [0.1, 0.15) is 98.2 Å². The van der Waals surface area contributed by atoms with Crippen LogP contribution in [0.4, 0.5) is 4.79 Å². The van der Waals surface area contributed by atoms with Crippen molar-refractivity contribution < 1.29 is 18.8 Å². The number of fused-ring (bicyclic) bond motifs is 3. The molecule has 42 heavy (non-hydrogen) atoms. The lowest BCUT2D eigenvalue weighted by Gasteiger charge is -2.52. The van der Waals surface area contributed by atoms with E-state index < -0.39 is 22.7 Å². The molecule has 4 rings (SSSR count). The largest absolute Gasteiger partial charge is 0.465 e. The summed E-state index contributed by atoms with van der Waals surface area (Å²) in [5.74, 6) is 2.33. The zero-order valence-electron chi connectivity index (χ0n) is 28.5. The standard InChI is InChI=1S/C33H61N3O4Si2/c1-31(2,3)41(8,9)39-17-15-22-18-24(40-42(10,11)32(4,5)6)12-13-25(22)26-14-16-33(7)28(27(26)21-34-30(37)38)19-23-20-35-36-29(23)33/h20,22,24-28,34H,12-19,21H2,1-11H3,(H,35,36)(H,37,38)/t22-,24-,25+,26-,27+,28-,33-/m0/s1. The van der Waals surface area contributed by atoms with Crippen LogP contribution in [0.3, 0.4) is 0 Å².